The van der Waals surface area contributed by atoms with Gasteiger partial charge in [-0.3, -0.25) is 0 Å². The van der Waals surface area contributed by atoms with E-state index in [4.69, 9.17) is 43.4 Å². The summed E-state index contributed by atoms with van der Waals surface area (Å²) in [6.45, 7) is 4.92. The second-order valence-corrected chi connectivity index (χ2v) is 6.24. The summed E-state index contributed by atoms with van der Waals surface area (Å²) in [4.78, 5) is 10.7. The highest BCUT2D eigenvalue weighted by atomic mass is 16.6. The zero-order valence-corrected chi connectivity index (χ0v) is 18.1. The third-order valence-corrected chi connectivity index (χ3v) is 3.72. The molecule has 0 aliphatic heterocycles. The van der Waals surface area contributed by atoms with E-state index in [2.05, 4.69) is 0 Å². The van der Waals surface area contributed by atoms with E-state index in [1.807, 2.05) is 0 Å². The maximum atomic E-state index is 10.7. The maximum Gasteiger partial charge on any atom is 0.145 e. The lowest BCUT2D eigenvalue weighted by Crippen LogP contribution is -2.42. The molecule has 0 aromatic carbocycles. The summed E-state index contributed by atoms with van der Waals surface area (Å²) in [7, 11) is 0. The first-order chi connectivity index (χ1) is 16.6. The molecular formula is C21H42O9. The van der Waals surface area contributed by atoms with Gasteiger partial charge in [0.25, 0.3) is 0 Å². The molecule has 0 saturated carbocycles. The average Bonchev–Trinajstić information content (AvgIpc) is 2.82. The van der Waals surface area contributed by atoms with Crippen LogP contribution in [0.3, 0.4) is 0 Å². The number of aldehydes is 1. The monoisotopic (exact) mass is 442 g/mol. The van der Waals surface area contributed by atoms with Gasteiger partial charge in [0.2, 0.25) is 0 Å². The van der Waals surface area contributed by atoms with Gasteiger partial charge in [0.1, 0.15) is 14.2 Å². The van der Waals surface area contributed by atoms with Crippen LogP contribution in [-0.4, -0.2) is 112 Å². The Morgan fingerprint density at radius 1 is 0.600 bits per heavy atom. The normalized spacial score (nSPS) is 13.6. The molecular weight excluding hydrogens is 396 g/mol. The van der Waals surface area contributed by atoms with Crippen molar-refractivity contribution in [1.82, 2.24) is 0 Å². The van der Waals surface area contributed by atoms with Gasteiger partial charge in [-0.1, -0.05) is 0 Å². The number of carbonyl (C=O) groups excluding carboxylic acids is 1. The van der Waals surface area contributed by atoms with E-state index in [1.165, 1.54) is 0 Å². The Bertz CT molecular complexity index is 410. The molecule has 180 valence electrons. The Labute approximate surface area is 187 Å². The van der Waals surface area contributed by atoms with Crippen molar-refractivity contribution in [3.05, 3.63) is 0 Å². The number of hydrogen-bond acceptors (Lipinski definition) is 9. The topological polar surface area (TPSA) is 90.9 Å². The lowest BCUT2D eigenvalue weighted by molar-refractivity contribution is -0.122. The number of rotatable bonds is 25. The predicted molar refractivity (Wildman–Crippen MR) is 112 cm³/mol. The summed E-state index contributed by atoms with van der Waals surface area (Å²) >= 11 is 0. The molecule has 0 aromatic rings. The molecule has 0 aliphatic carbocycles. The molecule has 0 N–H and O–H groups in total. The van der Waals surface area contributed by atoms with Gasteiger partial charge in [0.05, 0.1) is 84.7 Å². The van der Waals surface area contributed by atoms with Crippen molar-refractivity contribution >= 4 is 6.26 Å². The van der Waals surface area contributed by atoms with Gasteiger partial charge in [-0.2, -0.15) is 0 Å². The van der Waals surface area contributed by atoms with Gasteiger partial charge in [-0.15, -0.1) is 0 Å². The molecule has 0 spiro atoms. The molecule has 9 heteroatoms. The fourth-order valence-corrected chi connectivity index (χ4v) is 2.30. The zero-order valence-electron chi connectivity index (χ0n) is 22.1. The first kappa shape index (κ1) is 22.5. The lowest BCUT2D eigenvalue weighted by Gasteiger charge is -2.33. The molecule has 30 heavy (non-hydrogen) atoms. The van der Waals surface area contributed by atoms with Crippen LogP contribution in [0.5, 0.6) is 0 Å². The van der Waals surface area contributed by atoms with Crippen LogP contribution in [0.25, 0.3) is 0 Å². The second-order valence-electron chi connectivity index (χ2n) is 6.24. The highest BCUT2D eigenvalue weighted by Crippen LogP contribution is 2.21. The average molecular weight is 443 g/mol. The quantitative estimate of drug-likeness (QED) is 0.154. The molecule has 0 heterocycles. The molecule has 0 saturated heterocycles. The van der Waals surface area contributed by atoms with Gasteiger partial charge < -0.3 is 42.7 Å². The summed E-state index contributed by atoms with van der Waals surface area (Å²) in [5.41, 5.74) is -0.647. The molecule has 0 atom stereocenters. The van der Waals surface area contributed by atoms with E-state index in [0.717, 1.165) is 0 Å². The van der Waals surface area contributed by atoms with Gasteiger partial charge in [-0.25, -0.2) is 0 Å². The Balaban J connectivity index is 4.79. The third kappa shape index (κ3) is 18.1. The second kappa shape index (κ2) is 23.0. The van der Waals surface area contributed by atoms with E-state index in [-0.39, 0.29) is 66.9 Å². The maximum absolute atomic E-state index is 10.7. The summed E-state index contributed by atoms with van der Waals surface area (Å²) in [5.74, 6) is 0. The zero-order chi connectivity index (χ0) is 25.2. The summed E-state index contributed by atoms with van der Waals surface area (Å²) < 4.78 is 72.3. The van der Waals surface area contributed by atoms with Crippen LogP contribution in [0.4, 0.5) is 0 Å². The Morgan fingerprint density at radius 2 is 0.933 bits per heavy atom. The fourth-order valence-electron chi connectivity index (χ4n) is 2.30. The van der Waals surface area contributed by atoms with Crippen molar-refractivity contribution in [2.45, 2.75) is 20.7 Å². The highest BCUT2D eigenvalue weighted by Gasteiger charge is 2.32. The van der Waals surface area contributed by atoms with Crippen molar-refractivity contribution in [2.24, 2.45) is 5.41 Å². The van der Waals surface area contributed by atoms with Crippen molar-refractivity contribution in [1.29, 1.82) is 0 Å². The van der Waals surface area contributed by atoms with Gasteiger partial charge in [0, 0.05) is 23.9 Å². The van der Waals surface area contributed by atoms with Crippen molar-refractivity contribution in [3.8, 4) is 0 Å². The molecule has 0 amide bonds. The van der Waals surface area contributed by atoms with Crippen LogP contribution in [0, 0.1) is 5.41 Å². The molecule has 0 fully saturated rings. The van der Waals surface area contributed by atoms with E-state index in [1.54, 1.807) is 0 Å². The summed E-state index contributed by atoms with van der Waals surface area (Å²) in [5, 5.41) is 0. The molecule has 0 unspecified atom stereocenters. The van der Waals surface area contributed by atoms with Gasteiger partial charge in [0.15, 0.2) is 0 Å². The van der Waals surface area contributed by atoms with Gasteiger partial charge >= 0.3 is 0 Å². The standard InChI is InChI=1S/C21H42O9/c1-4-23-9-13-27-17-21(18-28-14-10-24-5-2,19-29-15-11-25-6-3)20-30-16-12-26-8-7-22/h7H,4-6,8-20H2,1-3H3/i1D,2D,3D,7D. The molecule has 0 radical (unpaired) electrons. The lowest BCUT2D eigenvalue weighted by atomic mass is 9.92. The SMILES string of the molecule is [2H]CCOCCOCC(COCCOCC[2H])(COCCOCC[2H])COCCOCC([2H])=O. The Hall–Kier alpha value is -0.650. The first-order valence-electron chi connectivity index (χ1n) is 12.7. The van der Waals surface area contributed by atoms with Crippen LogP contribution >= 0.6 is 0 Å². The first-order valence-corrected chi connectivity index (χ1v) is 10.1. The smallest absolute Gasteiger partial charge is 0.145 e. The van der Waals surface area contributed by atoms with Crippen LogP contribution in [-0.2, 0) is 42.7 Å². The van der Waals surface area contributed by atoms with Crippen LogP contribution in [0.1, 0.15) is 26.2 Å². The summed E-state index contributed by atoms with van der Waals surface area (Å²) in [6, 6.07) is 0. The third-order valence-electron chi connectivity index (χ3n) is 3.72. The molecule has 0 aliphatic rings. The van der Waals surface area contributed by atoms with Crippen LogP contribution in [0.15, 0.2) is 0 Å². The Morgan fingerprint density at radius 3 is 1.27 bits per heavy atom. The summed E-state index contributed by atoms with van der Waals surface area (Å²) in [6.07, 6.45) is -0.794. The van der Waals surface area contributed by atoms with E-state index in [9.17, 15) is 4.79 Å². The number of carbonyl (C=O) groups is 1. The van der Waals surface area contributed by atoms with E-state index in [0.29, 0.717) is 59.5 Å². The van der Waals surface area contributed by atoms with Crippen molar-refractivity contribution in [3.63, 3.8) is 0 Å². The fraction of sp³-hybridized carbons (Fsp3) is 0.952. The number of hydrogen-bond donors (Lipinski definition) is 0. The Kier molecular flexibility index (Phi) is 17.3. The molecule has 9 nitrogen and oxygen atoms in total. The van der Waals surface area contributed by atoms with Gasteiger partial charge in [-0.05, 0) is 20.7 Å². The molecule has 0 aromatic heterocycles. The highest BCUT2D eigenvalue weighted by molar-refractivity contribution is 5.50. The molecule has 0 rings (SSSR count). The van der Waals surface area contributed by atoms with Crippen LogP contribution < -0.4 is 0 Å². The predicted octanol–water partition coefficient (Wildman–Crippen LogP) is 1.36. The van der Waals surface area contributed by atoms with Crippen LogP contribution in [0.2, 0.25) is 0 Å². The van der Waals surface area contributed by atoms with E-state index < -0.39 is 11.7 Å². The minimum Gasteiger partial charge on any atom is -0.379 e. The number of ether oxygens (including phenoxy) is 8. The largest absolute Gasteiger partial charge is 0.379 e. The minimum atomic E-state index is -0.794. The molecule has 0 bridgehead atoms. The van der Waals surface area contributed by atoms with E-state index >= 15 is 0 Å². The minimum absolute atomic E-state index is 0.173. The van der Waals surface area contributed by atoms with Crippen molar-refractivity contribution in [2.75, 3.05) is 106 Å². The van der Waals surface area contributed by atoms with Crippen molar-refractivity contribution < 1.29 is 48.2 Å².